The normalized spacial score (nSPS) is 16.3. The monoisotopic (exact) mass is 433 g/mol. The number of piperidine rings is 1. The van der Waals surface area contributed by atoms with Gasteiger partial charge in [0.05, 0.1) is 23.3 Å². The molecule has 1 amide bonds. The van der Waals surface area contributed by atoms with Crippen molar-refractivity contribution in [1.82, 2.24) is 14.5 Å². The fourth-order valence-corrected chi connectivity index (χ4v) is 4.11. The Morgan fingerprint density at radius 1 is 1.16 bits per heavy atom. The van der Waals surface area contributed by atoms with Gasteiger partial charge in [-0.3, -0.25) is 19.0 Å². The average molecular weight is 434 g/mol. The highest BCUT2D eigenvalue weighted by atomic mass is 16.5. The predicted octanol–water partition coefficient (Wildman–Crippen LogP) is 3.31. The minimum atomic E-state index is -0.270. The molecule has 0 spiro atoms. The topological polar surface area (TPSA) is 81.5 Å². The number of carbonyl (C=O) groups is 2. The zero-order valence-electron chi connectivity index (χ0n) is 18.4. The van der Waals surface area contributed by atoms with Gasteiger partial charge in [0.15, 0.2) is 5.78 Å². The lowest BCUT2D eigenvalue weighted by Crippen LogP contribution is -2.44. The summed E-state index contributed by atoms with van der Waals surface area (Å²) in [7, 11) is 0. The van der Waals surface area contributed by atoms with Crippen molar-refractivity contribution >= 4 is 22.6 Å². The molecule has 1 aromatic heterocycles. The minimum Gasteiger partial charge on any atom is -0.491 e. The highest BCUT2D eigenvalue weighted by Gasteiger charge is 2.29. The highest BCUT2D eigenvalue weighted by molar-refractivity contribution is 5.98. The van der Waals surface area contributed by atoms with Crippen molar-refractivity contribution in [2.75, 3.05) is 13.1 Å². The van der Waals surface area contributed by atoms with Crippen molar-refractivity contribution in [2.24, 2.45) is 5.92 Å². The molecule has 166 valence electrons. The Labute approximate surface area is 186 Å². The number of aromatic nitrogens is 2. The summed E-state index contributed by atoms with van der Waals surface area (Å²) in [5.41, 5.74) is 0.960. The van der Waals surface area contributed by atoms with Gasteiger partial charge < -0.3 is 9.64 Å². The Morgan fingerprint density at radius 3 is 2.78 bits per heavy atom. The van der Waals surface area contributed by atoms with Crippen LogP contribution in [0.15, 0.2) is 59.7 Å². The number of ketones is 1. The summed E-state index contributed by atoms with van der Waals surface area (Å²) in [6, 6.07) is 14.3. The molecular weight excluding hydrogens is 406 g/mol. The summed E-state index contributed by atoms with van der Waals surface area (Å²) >= 11 is 0. The summed E-state index contributed by atoms with van der Waals surface area (Å²) in [6.45, 7) is 4.72. The summed E-state index contributed by atoms with van der Waals surface area (Å²) in [6.07, 6.45) is 2.91. The minimum absolute atomic E-state index is 0.0150. The molecule has 1 aliphatic heterocycles. The second kappa shape index (κ2) is 9.34. The molecule has 0 aliphatic carbocycles. The van der Waals surface area contributed by atoms with Crippen LogP contribution in [0.1, 0.15) is 37.0 Å². The van der Waals surface area contributed by atoms with Crippen molar-refractivity contribution in [2.45, 2.75) is 39.3 Å². The standard InChI is InChI=1S/C25H27N3O4/c1-17(2)32-20-9-5-7-18(13-20)24(30)19-8-6-12-27(14-19)23(29)15-28-16-26-22-11-4-3-10-21(22)25(28)31/h3-5,7,9-11,13,16-17,19H,6,8,12,14-15H2,1-2H3/t19-/m0/s1. The summed E-state index contributed by atoms with van der Waals surface area (Å²) in [5, 5.41) is 0.484. The third kappa shape index (κ3) is 4.72. The molecule has 2 heterocycles. The molecule has 0 unspecified atom stereocenters. The second-order valence-corrected chi connectivity index (χ2v) is 8.43. The first-order valence-electron chi connectivity index (χ1n) is 11.0. The van der Waals surface area contributed by atoms with Crippen LogP contribution in [-0.2, 0) is 11.3 Å². The maximum atomic E-state index is 13.1. The van der Waals surface area contributed by atoms with Crippen molar-refractivity contribution in [1.29, 1.82) is 0 Å². The third-order valence-corrected chi connectivity index (χ3v) is 5.67. The fraction of sp³-hybridized carbons (Fsp3) is 0.360. The number of para-hydroxylation sites is 1. The summed E-state index contributed by atoms with van der Waals surface area (Å²) in [5.74, 6) is 0.228. The summed E-state index contributed by atoms with van der Waals surface area (Å²) < 4.78 is 7.04. The van der Waals surface area contributed by atoms with Crippen molar-refractivity contribution in [3.63, 3.8) is 0 Å². The van der Waals surface area contributed by atoms with Crippen LogP contribution in [0.4, 0.5) is 0 Å². The number of likely N-dealkylation sites (tertiary alicyclic amines) is 1. The van der Waals surface area contributed by atoms with Crippen LogP contribution in [0.25, 0.3) is 10.9 Å². The maximum absolute atomic E-state index is 13.1. The number of ether oxygens (including phenoxy) is 1. The lowest BCUT2D eigenvalue weighted by Gasteiger charge is -2.32. The molecule has 1 atom stereocenters. The van der Waals surface area contributed by atoms with E-state index in [9.17, 15) is 14.4 Å². The van der Waals surface area contributed by atoms with Gasteiger partial charge in [-0.15, -0.1) is 0 Å². The van der Waals surface area contributed by atoms with Gasteiger partial charge in [-0.05, 0) is 51.0 Å². The molecule has 4 rings (SSSR count). The molecule has 7 heteroatoms. The van der Waals surface area contributed by atoms with Crippen molar-refractivity contribution < 1.29 is 14.3 Å². The van der Waals surface area contributed by atoms with E-state index in [1.54, 1.807) is 35.2 Å². The number of nitrogens with zero attached hydrogens (tertiary/aromatic N) is 3. The predicted molar refractivity (Wildman–Crippen MR) is 122 cm³/mol. The fourth-order valence-electron chi connectivity index (χ4n) is 4.11. The van der Waals surface area contributed by atoms with E-state index >= 15 is 0 Å². The summed E-state index contributed by atoms with van der Waals surface area (Å²) in [4.78, 5) is 44.7. The van der Waals surface area contributed by atoms with Crippen LogP contribution >= 0.6 is 0 Å². The van der Waals surface area contributed by atoms with Gasteiger partial charge in [0.2, 0.25) is 5.91 Å². The van der Waals surface area contributed by atoms with Gasteiger partial charge in [0.1, 0.15) is 12.3 Å². The lowest BCUT2D eigenvalue weighted by atomic mass is 9.90. The molecule has 2 aromatic carbocycles. The second-order valence-electron chi connectivity index (χ2n) is 8.43. The van der Waals surface area contributed by atoms with Crippen molar-refractivity contribution in [3.8, 4) is 5.75 Å². The molecule has 0 N–H and O–H groups in total. The van der Waals surface area contributed by atoms with Crippen LogP contribution in [-0.4, -0.2) is 45.3 Å². The van der Waals surface area contributed by atoms with Crippen LogP contribution in [0.3, 0.4) is 0 Å². The van der Waals surface area contributed by atoms with Crippen LogP contribution in [0.5, 0.6) is 5.75 Å². The number of fused-ring (bicyclic) bond motifs is 1. The first-order chi connectivity index (χ1) is 15.4. The largest absolute Gasteiger partial charge is 0.491 e. The number of hydrogen-bond donors (Lipinski definition) is 0. The van der Waals surface area contributed by atoms with E-state index in [-0.39, 0.29) is 35.8 Å². The Kier molecular flexibility index (Phi) is 6.35. The molecule has 7 nitrogen and oxygen atoms in total. The molecule has 1 aliphatic rings. The number of carbonyl (C=O) groups excluding carboxylic acids is 2. The number of amides is 1. The third-order valence-electron chi connectivity index (χ3n) is 5.67. The van der Waals surface area contributed by atoms with Gasteiger partial charge >= 0.3 is 0 Å². The Bertz CT molecular complexity index is 1200. The first-order valence-corrected chi connectivity index (χ1v) is 11.0. The molecule has 1 fully saturated rings. The molecule has 32 heavy (non-hydrogen) atoms. The average Bonchev–Trinajstić information content (AvgIpc) is 2.80. The van der Waals surface area contributed by atoms with E-state index in [0.717, 1.165) is 12.8 Å². The van der Waals surface area contributed by atoms with Gasteiger partial charge in [-0.25, -0.2) is 4.98 Å². The zero-order valence-corrected chi connectivity index (χ0v) is 18.4. The number of benzene rings is 2. The van der Waals surface area contributed by atoms with E-state index in [4.69, 9.17) is 4.74 Å². The Balaban J connectivity index is 1.46. The van der Waals surface area contributed by atoms with Crippen LogP contribution in [0, 0.1) is 5.92 Å². The van der Waals surface area contributed by atoms with Gasteiger partial charge in [0, 0.05) is 24.6 Å². The number of hydrogen-bond acceptors (Lipinski definition) is 5. The maximum Gasteiger partial charge on any atom is 0.261 e. The van der Waals surface area contributed by atoms with E-state index in [2.05, 4.69) is 4.98 Å². The smallest absolute Gasteiger partial charge is 0.261 e. The Hall–Kier alpha value is -3.48. The van der Waals surface area contributed by atoms with Crippen LogP contribution in [0.2, 0.25) is 0 Å². The molecule has 0 radical (unpaired) electrons. The zero-order chi connectivity index (χ0) is 22.7. The number of Topliss-reactive ketones (excluding diaryl/α,β-unsaturated/α-hetero) is 1. The SMILES string of the molecule is CC(C)Oc1cccc(C(=O)[C@H]2CCCN(C(=O)Cn3cnc4ccccc4c3=O)C2)c1. The lowest BCUT2D eigenvalue weighted by molar-refractivity contribution is -0.133. The van der Waals surface area contributed by atoms with E-state index in [0.29, 0.717) is 35.3 Å². The van der Waals surface area contributed by atoms with Crippen LogP contribution < -0.4 is 10.3 Å². The molecular formula is C25H27N3O4. The number of rotatable bonds is 6. The molecule has 3 aromatic rings. The first kappa shape index (κ1) is 21.7. The molecule has 0 saturated carbocycles. The van der Waals surface area contributed by atoms with Gasteiger partial charge in [-0.2, -0.15) is 0 Å². The van der Waals surface area contributed by atoms with Gasteiger partial charge in [-0.1, -0.05) is 24.3 Å². The van der Waals surface area contributed by atoms with Crippen molar-refractivity contribution in [3.05, 3.63) is 70.8 Å². The highest BCUT2D eigenvalue weighted by Crippen LogP contribution is 2.24. The molecule has 1 saturated heterocycles. The Morgan fingerprint density at radius 2 is 1.97 bits per heavy atom. The quantitative estimate of drug-likeness (QED) is 0.557. The van der Waals surface area contributed by atoms with E-state index in [1.807, 2.05) is 32.0 Å². The van der Waals surface area contributed by atoms with Gasteiger partial charge in [0.25, 0.3) is 5.56 Å². The van der Waals surface area contributed by atoms with E-state index in [1.165, 1.54) is 10.9 Å². The van der Waals surface area contributed by atoms with E-state index < -0.39 is 0 Å². The molecule has 0 bridgehead atoms.